The lowest BCUT2D eigenvalue weighted by Crippen LogP contribution is -2.02. The summed E-state index contributed by atoms with van der Waals surface area (Å²) < 4.78 is 26.2. The van der Waals surface area contributed by atoms with Gasteiger partial charge >= 0.3 is 0 Å². The third-order valence-electron chi connectivity index (χ3n) is 2.51. The number of rotatable bonds is 4. The number of nitrogens with zero attached hydrogens (tertiary/aromatic N) is 1. The fraction of sp³-hybridized carbons (Fsp3) is 0.154. The fourth-order valence-corrected chi connectivity index (χ4v) is 2.15. The largest absolute Gasteiger partial charge is 0.389 e. The number of halogens is 2. The van der Waals surface area contributed by atoms with Gasteiger partial charge in [-0.2, -0.15) is 0 Å². The van der Waals surface area contributed by atoms with E-state index in [4.69, 9.17) is 0 Å². The predicted molar refractivity (Wildman–Crippen MR) is 72.5 cm³/mol. The molecule has 3 nitrogen and oxygen atoms in total. The minimum Gasteiger partial charge on any atom is -0.389 e. The standard InChI is InChI=1S/C13H12F2N2OS/c1-7(8(2)18)12-6-19-13(17-12)16-11-4-3-9(14)5-10(11)15/h3-6,8,18H,1H2,2H3,(H,16,17). The van der Waals surface area contributed by atoms with Gasteiger partial charge in [-0.1, -0.05) is 6.58 Å². The van der Waals surface area contributed by atoms with Crippen molar-refractivity contribution in [2.45, 2.75) is 13.0 Å². The lowest BCUT2D eigenvalue weighted by Gasteiger charge is -2.05. The molecule has 1 aromatic carbocycles. The van der Waals surface area contributed by atoms with Gasteiger partial charge in [-0.25, -0.2) is 13.8 Å². The van der Waals surface area contributed by atoms with Crippen LogP contribution in [0.5, 0.6) is 0 Å². The second kappa shape index (κ2) is 5.46. The van der Waals surface area contributed by atoms with Crippen molar-refractivity contribution in [3.05, 3.63) is 47.5 Å². The van der Waals surface area contributed by atoms with Crippen molar-refractivity contribution in [1.29, 1.82) is 0 Å². The predicted octanol–water partition coefficient (Wildman–Crippen LogP) is 3.56. The minimum absolute atomic E-state index is 0.143. The van der Waals surface area contributed by atoms with Gasteiger partial charge < -0.3 is 10.4 Å². The van der Waals surface area contributed by atoms with E-state index in [0.717, 1.165) is 12.1 Å². The van der Waals surface area contributed by atoms with Gasteiger partial charge in [-0.05, 0) is 24.6 Å². The van der Waals surface area contributed by atoms with Crippen LogP contribution in [0.3, 0.4) is 0 Å². The lowest BCUT2D eigenvalue weighted by atomic mass is 10.1. The molecule has 0 aliphatic carbocycles. The average Bonchev–Trinajstić information content (AvgIpc) is 2.80. The molecule has 0 saturated heterocycles. The second-order valence-electron chi connectivity index (χ2n) is 3.99. The molecular formula is C13H12F2N2OS. The molecule has 2 N–H and O–H groups in total. The van der Waals surface area contributed by atoms with Crippen LogP contribution >= 0.6 is 11.3 Å². The van der Waals surface area contributed by atoms with Crippen molar-refractivity contribution in [3.8, 4) is 0 Å². The summed E-state index contributed by atoms with van der Waals surface area (Å²) in [5.41, 5.74) is 1.18. The van der Waals surface area contributed by atoms with E-state index in [1.807, 2.05) is 0 Å². The first kappa shape index (κ1) is 13.6. The van der Waals surface area contributed by atoms with Crippen LogP contribution in [0, 0.1) is 11.6 Å². The Balaban J connectivity index is 2.18. The monoisotopic (exact) mass is 282 g/mol. The van der Waals surface area contributed by atoms with E-state index >= 15 is 0 Å². The average molecular weight is 282 g/mol. The van der Waals surface area contributed by atoms with E-state index in [9.17, 15) is 13.9 Å². The molecule has 1 heterocycles. The molecule has 0 fully saturated rings. The highest BCUT2D eigenvalue weighted by Crippen LogP contribution is 2.26. The van der Waals surface area contributed by atoms with Crippen LogP contribution in [-0.2, 0) is 0 Å². The van der Waals surface area contributed by atoms with E-state index < -0.39 is 17.7 Å². The van der Waals surface area contributed by atoms with Gasteiger partial charge in [-0.3, -0.25) is 0 Å². The number of anilines is 2. The number of nitrogens with one attached hydrogen (secondary N) is 1. The molecular weight excluding hydrogens is 270 g/mol. The number of benzene rings is 1. The summed E-state index contributed by atoms with van der Waals surface area (Å²) >= 11 is 1.25. The Morgan fingerprint density at radius 3 is 2.84 bits per heavy atom. The van der Waals surface area contributed by atoms with Gasteiger partial charge in [0, 0.05) is 11.4 Å². The highest BCUT2D eigenvalue weighted by molar-refractivity contribution is 7.13. The Morgan fingerprint density at radius 2 is 2.21 bits per heavy atom. The van der Waals surface area contributed by atoms with Crippen molar-refractivity contribution < 1.29 is 13.9 Å². The molecule has 0 aliphatic rings. The van der Waals surface area contributed by atoms with E-state index in [-0.39, 0.29) is 5.69 Å². The third kappa shape index (κ3) is 3.15. The Hall–Kier alpha value is -1.79. The van der Waals surface area contributed by atoms with Crippen LogP contribution in [0.2, 0.25) is 0 Å². The highest BCUT2D eigenvalue weighted by Gasteiger charge is 2.11. The molecule has 6 heteroatoms. The molecule has 0 bridgehead atoms. The summed E-state index contributed by atoms with van der Waals surface area (Å²) in [5, 5.41) is 14.3. The summed E-state index contributed by atoms with van der Waals surface area (Å²) in [7, 11) is 0. The molecule has 0 amide bonds. The fourth-order valence-electron chi connectivity index (χ4n) is 1.40. The molecule has 1 atom stereocenters. The summed E-state index contributed by atoms with van der Waals surface area (Å²) in [6.45, 7) is 5.31. The number of aromatic nitrogens is 1. The maximum absolute atomic E-state index is 13.4. The van der Waals surface area contributed by atoms with Crippen LogP contribution in [0.15, 0.2) is 30.2 Å². The van der Waals surface area contributed by atoms with E-state index in [1.165, 1.54) is 17.4 Å². The zero-order valence-corrected chi connectivity index (χ0v) is 11.0. The van der Waals surface area contributed by atoms with E-state index in [1.54, 1.807) is 12.3 Å². The van der Waals surface area contributed by atoms with Crippen molar-refractivity contribution >= 4 is 27.7 Å². The molecule has 0 aliphatic heterocycles. The van der Waals surface area contributed by atoms with Crippen molar-refractivity contribution in [2.75, 3.05) is 5.32 Å². The topological polar surface area (TPSA) is 45.2 Å². The minimum atomic E-state index is -0.697. The molecule has 2 rings (SSSR count). The Morgan fingerprint density at radius 1 is 1.47 bits per heavy atom. The first-order chi connectivity index (χ1) is 8.97. The quantitative estimate of drug-likeness (QED) is 0.901. The second-order valence-corrected chi connectivity index (χ2v) is 4.85. The van der Waals surface area contributed by atoms with E-state index in [2.05, 4.69) is 16.9 Å². The Labute approximate surface area is 113 Å². The Bertz CT molecular complexity index is 610. The lowest BCUT2D eigenvalue weighted by molar-refractivity contribution is 0.253. The van der Waals surface area contributed by atoms with E-state index in [0.29, 0.717) is 16.4 Å². The number of aliphatic hydroxyl groups excluding tert-OH is 1. The summed E-state index contributed by atoms with van der Waals surface area (Å²) in [4.78, 5) is 4.18. The molecule has 100 valence electrons. The molecule has 1 aromatic heterocycles. The van der Waals surface area contributed by atoms with Crippen molar-refractivity contribution in [1.82, 2.24) is 4.98 Å². The Kier molecular flexibility index (Phi) is 3.92. The molecule has 0 saturated carbocycles. The van der Waals surface area contributed by atoms with Gasteiger partial charge in [0.15, 0.2) is 5.13 Å². The SMILES string of the molecule is C=C(c1csc(Nc2ccc(F)cc2F)n1)C(C)O. The van der Waals surface area contributed by atoms with Crippen LogP contribution < -0.4 is 5.32 Å². The molecule has 0 spiro atoms. The third-order valence-corrected chi connectivity index (χ3v) is 3.27. The van der Waals surface area contributed by atoms with Crippen LogP contribution in [0.4, 0.5) is 19.6 Å². The summed E-state index contributed by atoms with van der Waals surface area (Å²) in [5.74, 6) is -1.32. The molecule has 2 aromatic rings. The highest BCUT2D eigenvalue weighted by atomic mass is 32.1. The molecule has 1 unspecified atom stereocenters. The first-order valence-corrected chi connectivity index (χ1v) is 6.40. The van der Waals surface area contributed by atoms with Crippen LogP contribution in [-0.4, -0.2) is 16.2 Å². The number of aliphatic hydroxyl groups is 1. The number of hydrogen-bond acceptors (Lipinski definition) is 4. The molecule has 19 heavy (non-hydrogen) atoms. The first-order valence-electron chi connectivity index (χ1n) is 5.52. The maximum atomic E-state index is 13.4. The number of thiazole rings is 1. The van der Waals surface area contributed by atoms with Crippen LogP contribution in [0.1, 0.15) is 12.6 Å². The smallest absolute Gasteiger partial charge is 0.187 e. The normalized spacial score (nSPS) is 12.2. The molecule has 0 radical (unpaired) electrons. The van der Waals surface area contributed by atoms with Gasteiger partial charge in [0.05, 0.1) is 17.5 Å². The summed E-state index contributed by atoms with van der Waals surface area (Å²) in [6, 6.07) is 3.26. The van der Waals surface area contributed by atoms with Gasteiger partial charge in [0.1, 0.15) is 11.6 Å². The van der Waals surface area contributed by atoms with Crippen molar-refractivity contribution in [3.63, 3.8) is 0 Å². The van der Waals surface area contributed by atoms with Gasteiger partial charge in [0.25, 0.3) is 0 Å². The van der Waals surface area contributed by atoms with Crippen LogP contribution in [0.25, 0.3) is 5.57 Å². The number of hydrogen-bond donors (Lipinski definition) is 2. The zero-order chi connectivity index (χ0) is 14.0. The van der Waals surface area contributed by atoms with Gasteiger partial charge in [0.2, 0.25) is 0 Å². The van der Waals surface area contributed by atoms with Gasteiger partial charge in [-0.15, -0.1) is 11.3 Å². The summed E-state index contributed by atoms with van der Waals surface area (Å²) in [6.07, 6.45) is -0.697. The maximum Gasteiger partial charge on any atom is 0.187 e. The zero-order valence-electron chi connectivity index (χ0n) is 10.2. The van der Waals surface area contributed by atoms with Crippen molar-refractivity contribution in [2.24, 2.45) is 0 Å².